The molecule has 0 aliphatic heterocycles. The predicted molar refractivity (Wildman–Crippen MR) is 65.7 cm³/mol. The molecule has 0 saturated carbocycles. The van der Waals surface area contributed by atoms with Crippen molar-refractivity contribution in [2.75, 3.05) is 7.11 Å². The maximum Gasteiger partial charge on any atom is 0.272 e. The van der Waals surface area contributed by atoms with E-state index in [0.29, 0.717) is 15.0 Å². The molecule has 0 amide bonds. The van der Waals surface area contributed by atoms with Crippen LogP contribution in [0, 0.1) is 3.57 Å². The molecule has 2 aromatic rings. The highest BCUT2D eigenvalue weighted by molar-refractivity contribution is 14.1. The molecule has 4 nitrogen and oxygen atoms in total. The number of ether oxygens (including phenoxy) is 1. The van der Waals surface area contributed by atoms with Crippen LogP contribution in [0.3, 0.4) is 0 Å². The number of fused-ring (bicyclic) bond motifs is 1. The van der Waals surface area contributed by atoms with E-state index in [1.165, 1.54) is 11.5 Å². The molecular formula is C9H6ClIN2O2. The van der Waals surface area contributed by atoms with E-state index in [2.05, 4.69) is 4.98 Å². The van der Waals surface area contributed by atoms with Gasteiger partial charge < -0.3 is 4.74 Å². The highest BCUT2D eigenvalue weighted by Crippen LogP contribution is 2.19. The second kappa shape index (κ2) is 3.97. The van der Waals surface area contributed by atoms with Crippen molar-refractivity contribution in [3.05, 3.63) is 37.4 Å². The fourth-order valence-electron chi connectivity index (χ4n) is 1.25. The van der Waals surface area contributed by atoms with E-state index in [9.17, 15) is 4.79 Å². The highest BCUT2D eigenvalue weighted by Gasteiger charge is 2.10. The Morgan fingerprint density at radius 2 is 2.33 bits per heavy atom. The van der Waals surface area contributed by atoms with Crippen molar-refractivity contribution in [1.82, 2.24) is 9.38 Å². The standard InChI is InChI=1S/C9H6ClIN2O2/c1-15-5-3-2-4-13-8(5)12-7(10)6(11)9(13)14/h2-4H,1H3. The van der Waals surface area contributed by atoms with Crippen LogP contribution < -0.4 is 10.3 Å². The minimum atomic E-state index is -0.190. The van der Waals surface area contributed by atoms with Crippen LogP contribution in [-0.4, -0.2) is 16.5 Å². The van der Waals surface area contributed by atoms with Gasteiger partial charge in [-0.15, -0.1) is 0 Å². The third kappa shape index (κ3) is 1.69. The molecule has 2 aromatic heterocycles. The van der Waals surface area contributed by atoms with Gasteiger partial charge in [-0.05, 0) is 34.7 Å². The molecule has 0 aromatic carbocycles. The van der Waals surface area contributed by atoms with Crippen molar-refractivity contribution in [1.29, 1.82) is 0 Å². The average molecular weight is 337 g/mol. The molecule has 15 heavy (non-hydrogen) atoms. The van der Waals surface area contributed by atoms with Crippen molar-refractivity contribution >= 4 is 39.8 Å². The zero-order valence-electron chi connectivity index (χ0n) is 7.70. The molecule has 0 unspecified atom stereocenters. The molecule has 0 fully saturated rings. The number of hydrogen-bond donors (Lipinski definition) is 0. The van der Waals surface area contributed by atoms with Crippen LogP contribution in [0.25, 0.3) is 5.65 Å². The third-order valence-corrected chi connectivity index (χ3v) is 3.51. The van der Waals surface area contributed by atoms with E-state index in [4.69, 9.17) is 16.3 Å². The summed E-state index contributed by atoms with van der Waals surface area (Å²) in [5.74, 6) is 0.521. The maximum absolute atomic E-state index is 11.8. The molecular weight excluding hydrogens is 330 g/mol. The molecule has 2 heterocycles. The summed E-state index contributed by atoms with van der Waals surface area (Å²) in [6.45, 7) is 0. The average Bonchev–Trinajstić information content (AvgIpc) is 2.25. The van der Waals surface area contributed by atoms with Crippen molar-refractivity contribution in [2.45, 2.75) is 0 Å². The van der Waals surface area contributed by atoms with Gasteiger partial charge in [0.05, 0.1) is 7.11 Å². The Kier molecular flexibility index (Phi) is 2.83. The fraction of sp³-hybridized carbons (Fsp3) is 0.111. The fourth-order valence-corrected chi connectivity index (χ4v) is 1.79. The van der Waals surface area contributed by atoms with Crippen molar-refractivity contribution in [3.63, 3.8) is 0 Å². The lowest BCUT2D eigenvalue weighted by Gasteiger charge is -2.06. The number of methoxy groups -OCH3 is 1. The van der Waals surface area contributed by atoms with Crippen molar-refractivity contribution in [3.8, 4) is 5.75 Å². The van der Waals surface area contributed by atoms with E-state index in [1.54, 1.807) is 18.3 Å². The van der Waals surface area contributed by atoms with Gasteiger partial charge in [0.2, 0.25) is 0 Å². The molecule has 0 atom stereocenters. The number of halogens is 2. The lowest BCUT2D eigenvalue weighted by Crippen LogP contribution is -2.18. The zero-order valence-corrected chi connectivity index (χ0v) is 10.6. The summed E-state index contributed by atoms with van der Waals surface area (Å²) >= 11 is 7.71. The molecule has 6 heteroatoms. The summed E-state index contributed by atoms with van der Waals surface area (Å²) in [4.78, 5) is 15.9. The SMILES string of the molecule is COc1cccn2c(=O)c(I)c(Cl)nc12. The van der Waals surface area contributed by atoms with Gasteiger partial charge in [-0.2, -0.15) is 0 Å². The van der Waals surface area contributed by atoms with Crippen LogP contribution in [0.1, 0.15) is 0 Å². The van der Waals surface area contributed by atoms with Gasteiger partial charge >= 0.3 is 0 Å². The summed E-state index contributed by atoms with van der Waals surface area (Å²) in [7, 11) is 1.52. The van der Waals surface area contributed by atoms with Crippen LogP contribution in [0.4, 0.5) is 0 Å². The van der Waals surface area contributed by atoms with Crippen molar-refractivity contribution in [2.24, 2.45) is 0 Å². The minimum absolute atomic E-state index is 0.190. The molecule has 0 aliphatic rings. The van der Waals surface area contributed by atoms with Gasteiger partial charge in [0.1, 0.15) is 3.57 Å². The molecule has 0 spiro atoms. The first-order chi connectivity index (χ1) is 7.15. The topological polar surface area (TPSA) is 43.6 Å². The lowest BCUT2D eigenvalue weighted by atomic mass is 10.4. The van der Waals surface area contributed by atoms with E-state index >= 15 is 0 Å². The van der Waals surface area contributed by atoms with Crippen molar-refractivity contribution < 1.29 is 4.74 Å². The van der Waals surface area contributed by atoms with Gasteiger partial charge in [-0.25, -0.2) is 4.98 Å². The number of rotatable bonds is 1. The van der Waals surface area contributed by atoms with Crippen LogP contribution in [0.2, 0.25) is 5.15 Å². The predicted octanol–water partition coefficient (Wildman–Crippen LogP) is 1.96. The summed E-state index contributed by atoms with van der Waals surface area (Å²) in [6.07, 6.45) is 1.63. The first-order valence-electron chi connectivity index (χ1n) is 4.05. The lowest BCUT2D eigenvalue weighted by molar-refractivity contribution is 0.416. The number of pyridine rings is 1. The quantitative estimate of drug-likeness (QED) is 0.591. The number of nitrogens with zero attached hydrogens (tertiary/aromatic N) is 2. The maximum atomic E-state index is 11.8. The molecule has 0 saturated heterocycles. The molecule has 0 aliphatic carbocycles. The van der Waals surface area contributed by atoms with Gasteiger partial charge in [-0.1, -0.05) is 11.6 Å². The molecule has 78 valence electrons. The smallest absolute Gasteiger partial charge is 0.272 e. The van der Waals surface area contributed by atoms with E-state index in [1.807, 2.05) is 22.6 Å². The number of hydrogen-bond acceptors (Lipinski definition) is 3. The number of aromatic nitrogens is 2. The normalized spacial score (nSPS) is 10.6. The summed E-state index contributed by atoms with van der Waals surface area (Å²) in [6, 6.07) is 3.45. The van der Waals surface area contributed by atoms with E-state index < -0.39 is 0 Å². The highest BCUT2D eigenvalue weighted by atomic mass is 127. The monoisotopic (exact) mass is 336 g/mol. The Labute approximate surface area is 104 Å². The Bertz CT molecular complexity index is 582. The first-order valence-corrected chi connectivity index (χ1v) is 5.51. The molecule has 0 bridgehead atoms. The molecule has 2 rings (SSSR count). The summed E-state index contributed by atoms with van der Waals surface area (Å²) < 4.78 is 6.91. The Hall–Kier alpha value is -0.820. The summed E-state index contributed by atoms with van der Waals surface area (Å²) in [5.41, 5.74) is 0.236. The Morgan fingerprint density at radius 3 is 3.00 bits per heavy atom. The van der Waals surface area contributed by atoms with E-state index in [-0.39, 0.29) is 10.7 Å². The molecule has 0 N–H and O–H groups in total. The zero-order chi connectivity index (χ0) is 11.0. The van der Waals surface area contributed by atoms with Crippen LogP contribution in [0.5, 0.6) is 5.75 Å². The van der Waals surface area contributed by atoms with Gasteiger partial charge in [0.25, 0.3) is 5.56 Å². The van der Waals surface area contributed by atoms with Gasteiger partial charge in [0, 0.05) is 6.20 Å². The minimum Gasteiger partial charge on any atom is -0.493 e. The van der Waals surface area contributed by atoms with Crippen LogP contribution >= 0.6 is 34.2 Å². The Morgan fingerprint density at radius 1 is 1.60 bits per heavy atom. The molecule has 0 radical (unpaired) electrons. The Balaban J connectivity index is 2.98. The largest absolute Gasteiger partial charge is 0.493 e. The van der Waals surface area contributed by atoms with Gasteiger partial charge in [0.15, 0.2) is 16.5 Å². The second-order valence-electron chi connectivity index (χ2n) is 2.79. The van der Waals surface area contributed by atoms with E-state index in [0.717, 1.165) is 0 Å². The third-order valence-electron chi connectivity index (χ3n) is 1.94. The first kappa shape index (κ1) is 10.7. The second-order valence-corrected chi connectivity index (χ2v) is 4.23. The van der Waals surface area contributed by atoms with Crippen LogP contribution in [-0.2, 0) is 0 Å². The summed E-state index contributed by atoms with van der Waals surface area (Å²) in [5, 5.41) is 0.199. The van der Waals surface area contributed by atoms with Gasteiger partial charge in [-0.3, -0.25) is 9.20 Å². The van der Waals surface area contributed by atoms with Crippen LogP contribution in [0.15, 0.2) is 23.1 Å².